The van der Waals surface area contributed by atoms with E-state index in [1.807, 2.05) is 6.07 Å². The average molecular weight is 391 g/mol. The Morgan fingerprint density at radius 3 is 2.40 bits per heavy atom. The zero-order valence-electron chi connectivity index (χ0n) is 17.0. The van der Waals surface area contributed by atoms with Crippen molar-refractivity contribution in [1.29, 1.82) is 0 Å². The lowest BCUT2D eigenvalue weighted by atomic mass is 9.85. The fraction of sp³-hybridized carbons (Fsp3) is 0.179. The van der Waals surface area contributed by atoms with Gasteiger partial charge in [0.25, 0.3) is 0 Å². The monoisotopic (exact) mass is 390 g/mol. The number of fused-ring (bicyclic) bond motifs is 1. The Bertz CT molecular complexity index is 1090. The Hall–Kier alpha value is -3.23. The van der Waals surface area contributed by atoms with Crippen LogP contribution >= 0.6 is 0 Å². The van der Waals surface area contributed by atoms with Crippen molar-refractivity contribution in [3.05, 3.63) is 126 Å². The van der Waals surface area contributed by atoms with E-state index in [-0.39, 0.29) is 6.04 Å². The molecule has 2 nitrogen and oxygen atoms in total. The second kappa shape index (κ2) is 8.64. The van der Waals surface area contributed by atoms with Gasteiger partial charge in [0.2, 0.25) is 0 Å². The van der Waals surface area contributed by atoms with Crippen LogP contribution in [-0.4, -0.2) is 11.0 Å². The lowest BCUT2D eigenvalue weighted by Gasteiger charge is -2.31. The summed E-state index contributed by atoms with van der Waals surface area (Å²) in [6, 6.07) is 27.8. The third-order valence-electron chi connectivity index (χ3n) is 5.91. The minimum Gasteiger partial charge on any atom is -0.298 e. The normalized spacial score (nSPS) is 18.9. The minimum atomic E-state index is 0.0374. The highest BCUT2D eigenvalue weighted by Crippen LogP contribution is 2.32. The van der Waals surface area contributed by atoms with E-state index in [2.05, 4.69) is 102 Å². The first-order valence-corrected chi connectivity index (χ1v) is 10.8. The van der Waals surface area contributed by atoms with E-state index in [4.69, 9.17) is 4.98 Å². The van der Waals surface area contributed by atoms with E-state index in [1.165, 1.54) is 16.7 Å². The molecule has 0 saturated carbocycles. The molecule has 1 N–H and O–H groups in total. The molecular weight excluding hydrogens is 364 g/mol. The first-order valence-electron chi connectivity index (χ1n) is 10.8. The molecule has 0 saturated heterocycles. The molecule has 30 heavy (non-hydrogen) atoms. The van der Waals surface area contributed by atoms with Gasteiger partial charge >= 0.3 is 0 Å². The van der Waals surface area contributed by atoms with Crippen LogP contribution in [0.4, 0.5) is 0 Å². The van der Waals surface area contributed by atoms with Crippen LogP contribution in [0.15, 0.2) is 114 Å². The third kappa shape index (κ3) is 3.92. The van der Waals surface area contributed by atoms with E-state index in [1.54, 1.807) is 0 Å². The molecule has 1 aromatic heterocycles. The predicted molar refractivity (Wildman–Crippen MR) is 124 cm³/mol. The molecular formula is C28H26N2. The molecule has 0 bridgehead atoms. The Morgan fingerprint density at radius 2 is 1.57 bits per heavy atom. The molecule has 0 spiro atoms. The largest absolute Gasteiger partial charge is 0.298 e. The van der Waals surface area contributed by atoms with Crippen molar-refractivity contribution in [2.75, 3.05) is 0 Å². The van der Waals surface area contributed by atoms with Crippen molar-refractivity contribution < 1.29 is 0 Å². The smallest absolute Gasteiger partial charge is 0.0756 e. The molecule has 2 heteroatoms. The maximum Gasteiger partial charge on any atom is 0.0756 e. The highest BCUT2D eigenvalue weighted by atomic mass is 15.0. The number of nitrogens with one attached hydrogen (secondary N) is 1. The first kappa shape index (κ1) is 18.8. The van der Waals surface area contributed by atoms with Gasteiger partial charge in [-0.3, -0.25) is 10.3 Å². The fourth-order valence-corrected chi connectivity index (χ4v) is 4.42. The maximum absolute atomic E-state index is 5.07. The molecule has 1 heterocycles. The van der Waals surface area contributed by atoms with Gasteiger partial charge in [0.1, 0.15) is 0 Å². The average Bonchev–Trinajstić information content (AvgIpc) is 2.84. The quantitative estimate of drug-likeness (QED) is 0.545. The summed E-state index contributed by atoms with van der Waals surface area (Å²) in [6.07, 6.45) is 12.6. The predicted octanol–water partition coefficient (Wildman–Crippen LogP) is 6.40. The lowest BCUT2D eigenvalue weighted by Crippen LogP contribution is -2.37. The maximum atomic E-state index is 5.07. The Balaban J connectivity index is 1.52. The van der Waals surface area contributed by atoms with Gasteiger partial charge in [0.15, 0.2) is 0 Å². The number of hydrogen-bond donors (Lipinski definition) is 1. The van der Waals surface area contributed by atoms with Crippen molar-refractivity contribution >= 4 is 0 Å². The number of allylic oxidation sites excluding steroid dienone is 3. The van der Waals surface area contributed by atoms with E-state index < -0.39 is 0 Å². The molecule has 0 fully saturated rings. The Kier molecular flexibility index (Phi) is 5.41. The van der Waals surface area contributed by atoms with Crippen molar-refractivity contribution in [3.63, 3.8) is 0 Å². The van der Waals surface area contributed by atoms with Crippen LogP contribution < -0.4 is 5.32 Å². The van der Waals surface area contributed by atoms with Crippen LogP contribution in [0.25, 0.3) is 11.3 Å². The summed E-state index contributed by atoms with van der Waals surface area (Å²) in [6.45, 7) is 0. The number of benzene rings is 2. The van der Waals surface area contributed by atoms with Crippen molar-refractivity contribution in [3.8, 4) is 11.3 Å². The van der Waals surface area contributed by atoms with E-state index in [0.717, 1.165) is 36.2 Å². The number of nitrogens with zero attached hydrogens (tertiary/aromatic N) is 1. The Labute approximate surface area is 178 Å². The number of aromatic nitrogens is 1. The van der Waals surface area contributed by atoms with Gasteiger partial charge in [0.05, 0.1) is 17.4 Å². The lowest BCUT2D eigenvalue weighted by molar-refractivity contribution is 0.508. The summed E-state index contributed by atoms with van der Waals surface area (Å²) >= 11 is 0. The molecule has 2 atom stereocenters. The first-order chi connectivity index (χ1) is 14.9. The molecule has 2 unspecified atom stereocenters. The van der Waals surface area contributed by atoms with Crippen molar-refractivity contribution in [1.82, 2.24) is 10.3 Å². The molecule has 5 rings (SSSR count). The topological polar surface area (TPSA) is 24.9 Å². The third-order valence-corrected chi connectivity index (χ3v) is 5.91. The summed E-state index contributed by atoms with van der Waals surface area (Å²) in [7, 11) is 0. The Morgan fingerprint density at radius 1 is 0.800 bits per heavy atom. The number of rotatable bonds is 5. The van der Waals surface area contributed by atoms with Gasteiger partial charge in [-0.1, -0.05) is 91.0 Å². The molecule has 3 aromatic rings. The van der Waals surface area contributed by atoms with Crippen LogP contribution in [0, 0.1) is 0 Å². The molecule has 2 aliphatic carbocycles. The van der Waals surface area contributed by atoms with Crippen LogP contribution in [0.2, 0.25) is 0 Å². The van der Waals surface area contributed by atoms with Crippen molar-refractivity contribution in [2.45, 2.75) is 31.3 Å². The summed E-state index contributed by atoms with van der Waals surface area (Å²) in [5.41, 5.74) is 7.27. The summed E-state index contributed by atoms with van der Waals surface area (Å²) in [5.74, 6) is 0. The standard InChI is InChI=1S/C28H26N2/c1-3-12-22(13-4-1)25-18-10-20-27(29-25)28(23-14-5-2-6-15-23)30-26-19-9-16-21-11-7-8-17-24(21)26/h1-6,9-18,20,26,28,30H,7-8,19H2. The van der Waals surface area contributed by atoms with Crippen LogP contribution in [-0.2, 0) is 0 Å². The molecule has 0 amide bonds. The summed E-state index contributed by atoms with van der Waals surface area (Å²) < 4.78 is 0. The second-order valence-electron chi connectivity index (χ2n) is 7.91. The zero-order chi connectivity index (χ0) is 20.2. The van der Waals surface area contributed by atoms with Gasteiger partial charge in [-0.25, -0.2) is 0 Å². The van der Waals surface area contributed by atoms with Gasteiger partial charge < -0.3 is 0 Å². The van der Waals surface area contributed by atoms with Gasteiger partial charge in [0, 0.05) is 11.6 Å². The second-order valence-corrected chi connectivity index (χ2v) is 7.91. The van der Waals surface area contributed by atoms with Crippen molar-refractivity contribution in [2.24, 2.45) is 0 Å². The van der Waals surface area contributed by atoms with Crippen LogP contribution in [0.3, 0.4) is 0 Å². The van der Waals surface area contributed by atoms with Crippen LogP contribution in [0.1, 0.15) is 36.6 Å². The molecule has 2 aliphatic rings. The molecule has 0 radical (unpaired) electrons. The fourth-order valence-electron chi connectivity index (χ4n) is 4.42. The number of pyridine rings is 1. The highest BCUT2D eigenvalue weighted by Gasteiger charge is 2.25. The summed E-state index contributed by atoms with van der Waals surface area (Å²) in [4.78, 5) is 5.07. The van der Waals surface area contributed by atoms with E-state index in [0.29, 0.717) is 6.04 Å². The van der Waals surface area contributed by atoms with Gasteiger partial charge in [-0.05, 0) is 48.1 Å². The van der Waals surface area contributed by atoms with E-state index >= 15 is 0 Å². The SMILES string of the molecule is C1=CC2=CCCC=C2C(NC(c2ccccc2)c2cccc(-c3ccccc3)n2)C1. The highest BCUT2D eigenvalue weighted by molar-refractivity contribution is 5.59. The molecule has 2 aromatic carbocycles. The van der Waals surface area contributed by atoms with E-state index in [9.17, 15) is 0 Å². The van der Waals surface area contributed by atoms with Gasteiger partial charge in [-0.15, -0.1) is 0 Å². The summed E-state index contributed by atoms with van der Waals surface area (Å²) in [5, 5.41) is 3.94. The number of hydrogen-bond acceptors (Lipinski definition) is 2. The zero-order valence-corrected chi connectivity index (χ0v) is 17.0. The van der Waals surface area contributed by atoms with Crippen LogP contribution in [0.5, 0.6) is 0 Å². The molecule has 148 valence electrons. The molecule has 0 aliphatic heterocycles. The minimum absolute atomic E-state index is 0.0374. The van der Waals surface area contributed by atoms with Gasteiger partial charge in [-0.2, -0.15) is 0 Å².